The fourth-order valence-electron chi connectivity index (χ4n) is 2.64. The third-order valence-electron chi connectivity index (χ3n) is 3.87. The Morgan fingerprint density at radius 1 is 1.30 bits per heavy atom. The summed E-state index contributed by atoms with van der Waals surface area (Å²) in [6.07, 6.45) is 3.47. The quantitative estimate of drug-likeness (QED) is 0.840. The molecule has 0 aliphatic carbocycles. The molecule has 124 valence electrons. The Labute approximate surface area is 144 Å². The summed E-state index contributed by atoms with van der Waals surface area (Å²) < 4.78 is 5.23. The van der Waals surface area contributed by atoms with Crippen molar-refractivity contribution in [1.29, 1.82) is 0 Å². The van der Waals surface area contributed by atoms with Crippen molar-refractivity contribution in [3.63, 3.8) is 0 Å². The molecule has 1 aliphatic heterocycles. The Morgan fingerprint density at radius 3 is 2.87 bits per heavy atom. The average Bonchev–Trinajstić information content (AvgIpc) is 3.28. The van der Waals surface area contributed by atoms with E-state index in [0.29, 0.717) is 13.1 Å². The Kier molecular flexibility index (Phi) is 6.01. The summed E-state index contributed by atoms with van der Waals surface area (Å²) in [5.41, 5.74) is 1.12. The van der Waals surface area contributed by atoms with Gasteiger partial charge in [0.25, 0.3) is 0 Å². The van der Waals surface area contributed by atoms with Crippen molar-refractivity contribution in [2.45, 2.75) is 12.6 Å². The maximum atomic E-state index is 12.0. The molecule has 1 fully saturated rings. The number of nitrogens with zero attached hydrogens (tertiary/aromatic N) is 1. The maximum absolute atomic E-state index is 12.0. The Morgan fingerprint density at radius 2 is 2.17 bits per heavy atom. The smallest absolute Gasteiger partial charge is 0.315 e. The number of amides is 2. The van der Waals surface area contributed by atoms with Crippen LogP contribution in [0.2, 0.25) is 0 Å². The number of hydrogen-bond acceptors (Lipinski definition) is 5. The molecular weight excluding hydrogens is 330 g/mol. The normalized spacial score (nSPS) is 16.9. The van der Waals surface area contributed by atoms with E-state index in [-0.39, 0.29) is 12.1 Å². The number of nitrogens with one attached hydrogen (secondary N) is 2. The lowest BCUT2D eigenvalue weighted by Gasteiger charge is -2.33. The molecule has 7 heteroatoms. The molecule has 1 atom stereocenters. The number of rotatable bonds is 6. The van der Waals surface area contributed by atoms with Crippen LogP contribution in [0.15, 0.2) is 40.5 Å². The van der Waals surface area contributed by atoms with E-state index in [0.717, 1.165) is 35.0 Å². The highest BCUT2D eigenvalue weighted by atomic mass is 32.2. The molecule has 2 amide bonds. The van der Waals surface area contributed by atoms with E-state index in [2.05, 4.69) is 15.5 Å². The van der Waals surface area contributed by atoms with Crippen LogP contribution in [-0.4, -0.2) is 42.1 Å². The fourth-order valence-corrected chi connectivity index (χ4v) is 4.22. The average molecular weight is 351 g/mol. The van der Waals surface area contributed by atoms with Gasteiger partial charge in [0.15, 0.2) is 0 Å². The van der Waals surface area contributed by atoms with Gasteiger partial charge in [-0.15, -0.1) is 11.3 Å². The van der Waals surface area contributed by atoms with Crippen LogP contribution in [-0.2, 0) is 6.54 Å². The number of hydrogen-bond donors (Lipinski definition) is 2. The molecular formula is C16H21N3O2S2. The number of thiophene rings is 1. The van der Waals surface area contributed by atoms with Gasteiger partial charge in [-0.2, -0.15) is 11.8 Å². The lowest BCUT2D eigenvalue weighted by atomic mass is 10.1. The maximum Gasteiger partial charge on any atom is 0.315 e. The Hall–Kier alpha value is -1.44. The van der Waals surface area contributed by atoms with Crippen molar-refractivity contribution in [3.05, 3.63) is 46.5 Å². The summed E-state index contributed by atoms with van der Waals surface area (Å²) in [4.78, 5) is 15.6. The van der Waals surface area contributed by atoms with Gasteiger partial charge in [0.1, 0.15) is 0 Å². The summed E-state index contributed by atoms with van der Waals surface area (Å²) in [5.74, 6) is 2.28. The molecule has 1 aliphatic rings. The number of thioether (sulfide) groups is 1. The van der Waals surface area contributed by atoms with Gasteiger partial charge < -0.3 is 15.1 Å². The predicted molar refractivity (Wildman–Crippen MR) is 94.9 cm³/mol. The van der Waals surface area contributed by atoms with E-state index in [1.54, 1.807) is 23.9 Å². The van der Waals surface area contributed by atoms with E-state index in [1.807, 2.05) is 35.3 Å². The molecule has 0 spiro atoms. The minimum absolute atomic E-state index is 0.127. The van der Waals surface area contributed by atoms with Crippen molar-refractivity contribution in [3.8, 4) is 0 Å². The minimum Gasteiger partial charge on any atom is -0.472 e. The van der Waals surface area contributed by atoms with Crippen molar-refractivity contribution in [2.24, 2.45) is 0 Å². The van der Waals surface area contributed by atoms with Gasteiger partial charge in [-0.1, -0.05) is 6.07 Å². The first kappa shape index (κ1) is 16.4. The standard InChI is InChI=1S/C16H21N3O2S2/c20-16(17-10-14-2-1-7-23-14)18-11-15(13-3-6-21-12-13)19-4-8-22-9-5-19/h1-3,6-7,12,15H,4-5,8-11H2,(H2,17,18,20). The molecule has 1 saturated heterocycles. The summed E-state index contributed by atoms with van der Waals surface area (Å²) >= 11 is 3.63. The lowest BCUT2D eigenvalue weighted by Crippen LogP contribution is -2.44. The van der Waals surface area contributed by atoms with Crippen molar-refractivity contribution >= 4 is 29.1 Å². The summed E-state index contributed by atoms with van der Waals surface area (Å²) in [5, 5.41) is 7.91. The van der Waals surface area contributed by atoms with Crippen LogP contribution in [0.25, 0.3) is 0 Å². The summed E-state index contributed by atoms with van der Waals surface area (Å²) in [6, 6.07) is 6.03. The van der Waals surface area contributed by atoms with E-state index in [4.69, 9.17) is 4.42 Å². The first-order valence-corrected chi connectivity index (χ1v) is 9.74. The lowest BCUT2D eigenvalue weighted by molar-refractivity contribution is 0.205. The fraction of sp³-hybridized carbons (Fsp3) is 0.438. The second kappa shape index (κ2) is 8.42. The molecule has 2 N–H and O–H groups in total. The SMILES string of the molecule is O=C(NCc1cccs1)NCC(c1ccoc1)N1CCSCC1. The second-order valence-corrected chi connectivity index (χ2v) is 7.62. The molecule has 0 bridgehead atoms. The van der Waals surface area contributed by atoms with Crippen LogP contribution in [0.5, 0.6) is 0 Å². The minimum atomic E-state index is -0.127. The molecule has 2 aromatic heterocycles. The van der Waals surface area contributed by atoms with Gasteiger partial charge in [0, 0.05) is 41.6 Å². The van der Waals surface area contributed by atoms with Crippen LogP contribution in [0.3, 0.4) is 0 Å². The van der Waals surface area contributed by atoms with Crippen LogP contribution in [0.1, 0.15) is 16.5 Å². The first-order chi connectivity index (χ1) is 11.3. The Balaban J connectivity index is 1.52. The van der Waals surface area contributed by atoms with Gasteiger partial charge in [0.05, 0.1) is 25.1 Å². The van der Waals surface area contributed by atoms with Crippen molar-refractivity contribution in [2.75, 3.05) is 31.1 Å². The second-order valence-electron chi connectivity index (χ2n) is 5.36. The zero-order valence-corrected chi connectivity index (χ0v) is 14.5. The van der Waals surface area contributed by atoms with Crippen LogP contribution in [0.4, 0.5) is 4.79 Å². The predicted octanol–water partition coefficient (Wildman–Crippen LogP) is 2.93. The van der Waals surface area contributed by atoms with Gasteiger partial charge in [0.2, 0.25) is 0 Å². The van der Waals surface area contributed by atoms with Gasteiger partial charge in [-0.25, -0.2) is 4.79 Å². The monoisotopic (exact) mass is 351 g/mol. The molecule has 2 aromatic rings. The molecule has 0 radical (unpaired) electrons. The first-order valence-electron chi connectivity index (χ1n) is 7.71. The molecule has 3 rings (SSSR count). The zero-order chi connectivity index (χ0) is 15.9. The molecule has 0 aromatic carbocycles. The number of carbonyl (C=O) groups is 1. The number of urea groups is 1. The van der Waals surface area contributed by atoms with Crippen LogP contribution < -0.4 is 10.6 Å². The van der Waals surface area contributed by atoms with Gasteiger partial charge >= 0.3 is 6.03 Å². The highest BCUT2D eigenvalue weighted by Gasteiger charge is 2.23. The van der Waals surface area contributed by atoms with E-state index in [9.17, 15) is 4.79 Å². The van der Waals surface area contributed by atoms with Crippen molar-refractivity contribution in [1.82, 2.24) is 15.5 Å². The van der Waals surface area contributed by atoms with Crippen molar-refractivity contribution < 1.29 is 9.21 Å². The molecule has 0 saturated carbocycles. The highest BCUT2D eigenvalue weighted by Crippen LogP contribution is 2.24. The number of carbonyl (C=O) groups excluding carboxylic acids is 1. The largest absolute Gasteiger partial charge is 0.472 e. The topological polar surface area (TPSA) is 57.5 Å². The van der Waals surface area contributed by atoms with Crippen LogP contribution >= 0.6 is 23.1 Å². The van der Waals surface area contributed by atoms with Crippen LogP contribution in [0, 0.1) is 0 Å². The van der Waals surface area contributed by atoms with Gasteiger partial charge in [-0.05, 0) is 17.5 Å². The third kappa shape index (κ3) is 4.76. The van der Waals surface area contributed by atoms with Gasteiger partial charge in [-0.3, -0.25) is 4.90 Å². The number of furan rings is 1. The molecule has 3 heterocycles. The summed E-state index contributed by atoms with van der Waals surface area (Å²) in [7, 11) is 0. The summed E-state index contributed by atoms with van der Waals surface area (Å²) in [6.45, 7) is 3.23. The Bertz CT molecular complexity index is 581. The molecule has 1 unspecified atom stereocenters. The molecule has 5 nitrogen and oxygen atoms in total. The zero-order valence-electron chi connectivity index (χ0n) is 12.9. The molecule has 23 heavy (non-hydrogen) atoms. The van der Waals surface area contributed by atoms with E-state index < -0.39 is 0 Å². The highest BCUT2D eigenvalue weighted by molar-refractivity contribution is 7.99. The third-order valence-corrected chi connectivity index (χ3v) is 5.69. The van der Waals surface area contributed by atoms with E-state index >= 15 is 0 Å². The van der Waals surface area contributed by atoms with E-state index in [1.165, 1.54) is 0 Å².